The molecule has 0 spiro atoms. The van der Waals surface area contributed by atoms with E-state index in [0.29, 0.717) is 18.7 Å². The number of nitrogens with zero attached hydrogens (tertiary/aromatic N) is 2. The van der Waals surface area contributed by atoms with Gasteiger partial charge in [-0.15, -0.1) is 0 Å². The number of hydrogen-bond donors (Lipinski definition) is 0. The fourth-order valence-corrected chi connectivity index (χ4v) is 8.99. The van der Waals surface area contributed by atoms with Gasteiger partial charge in [0.25, 0.3) is 0 Å². The van der Waals surface area contributed by atoms with Crippen molar-refractivity contribution >= 4 is 29.0 Å². The number of carbonyl (C=O) groups is 1. The summed E-state index contributed by atoms with van der Waals surface area (Å²) in [6.45, 7) is 0.637. The molecule has 3 nitrogen and oxygen atoms in total. The van der Waals surface area contributed by atoms with Crippen LogP contribution in [-0.4, -0.2) is 21.5 Å². The Morgan fingerprint density at radius 1 is 0.657 bits per heavy atom. The van der Waals surface area contributed by atoms with Crippen molar-refractivity contribution in [2.75, 3.05) is 6.16 Å². The van der Waals surface area contributed by atoms with Crippen LogP contribution in [0.5, 0.6) is 0 Å². The Balaban J connectivity index is 1.51. The van der Waals surface area contributed by atoms with Crippen LogP contribution in [0.4, 0.5) is 0 Å². The minimum absolute atomic E-state index is 0.130. The molecule has 0 aliphatic heterocycles. The molecule has 0 radical (unpaired) electrons. The summed E-state index contributed by atoms with van der Waals surface area (Å²) < 4.78 is 1.96. The van der Waals surface area contributed by atoms with Gasteiger partial charge in [0, 0.05) is 13.0 Å². The van der Waals surface area contributed by atoms with Crippen molar-refractivity contribution in [3.63, 3.8) is 0 Å². The first-order chi connectivity index (χ1) is 17.3. The van der Waals surface area contributed by atoms with Crippen LogP contribution < -0.4 is 15.9 Å². The van der Waals surface area contributed by atoms with Gasteiger partial charge >= 0.3 is 0 Å². The van der Waals surface area contributed by atoms with Gasteiger partial charge in [-0.2, -0.15) is 0 Å². The second-order valence-electron chi connectivity index (χ2n) is 8.61. The number of rotatable bonds is 9. The molecule has 0 atom stereocenters. The van der Waals surface area contributed by atoms with Crippen LogP contribution in [0.15, 0.2) is 134 Å². The molecule has 0 saturated carbocycles. The molecule has 1 heterocycles. The van der Waals surface area contributed by atoms with Gasteiger partial charge in [0.2, 0.25) is 0 Å². The summed E-state index contributed by atoms with van der Waals surface area (Å²) in [6, 6.07) is 42.3. The largest absolute Gasteiger partial charge is 0.324 e. The highest BCUT2D eigenvalue weighted by molar-refractivity contribution is 7.95. The lowest BCUT2D eigenvalue weighted by molar-refractivity contribution is 0.0980. The Bertz CT molecular complexity index is 1270. The van der Waals surface area contributed by atoms with Crippen LogP contribution in [0.3, 0.4) is 0 Å². The first-order valence-corrected chi connectivity index (χ1v) is 13.9. The van der Waals surface area contributed by atoms with Crippen LogP contribution in [-0.2, 0) is 6.54 Å². The van der Waals surface area contributed by atoms with E-state index in [1.807, 2.05) is 22.8 Å². The van der Waals surface area contributed by atoms with Crippen molar-refractivity contribution in [2.24, 2.45) is 0 Å². The number of aromatic nitrogens is 2. The smallest absolute Gasteiger partial charge is 0.184 e. The summed E-state index contributed by atoms with van der Waals surface area (Å²) >= 11 is 0. The van der Waals surface area contributed by atoms with Crippen LogP contribution in [0.2, 0.25) is 0 Å². The van der Waals surface area contributed by atoms with Crippen molar-refractivity contribution in [1.82, 2.24) is 9.55 Å². The van der Waals surface area contributed by atoms with E-state index in [9.17, 15) is 4.79 Å². The SMILES string of the molecule is O=C(CC[P+](c1ccccc1)(c1ccccc1)c1ccccc1)c1cncn1Cc1ccccc1. The molecular formula is C31H28N2OP+. The van der Waals surface area contributed by atoms with Crippen LogP contribution in [0.1, 0.15) is 22.5 Å². The maximum absolute atomic E-state index is 13.6. The Morgan fingerprint density at radius 3 is 1.60 bits per heavy atom. The lowest BCUT2D eigenvalue weighted by Gasteiger charge is -2.27. The molecule has 5 rings (SSSR count). The summed E-state index contributed by atoms with van der Waals surface area (Å²) in [7, 11) is -2.04. The van der Waals surface area contributed by atoms with Gasteiger partial charge in [0.05, 0.1) is 18.7 Å². The van der Waals surface area contributed by atoms with Gasteiger partial charge in [-0.05, 0) is 42.0 Å². The van der Waals surface area contributed by atoms with Crippen molar-refractivity contribution in [3.8, 4) is 0 Å². The zero-order valence-corrected chi connectivity index (χ0v) is 20.5. The fraction of sp³-hybridized carbons (Fsp3) is 0.0968. The highest BCUT2D eigenvalue weighted by Crippen LogP contribution is 2.55. The van der Waals surface area contributed by atoms with Crippen molar-refractivity contribution in [1.29, 1.82) is 0 Å². The third kappa shape index (κ3) is 4.87. The second kappa shape index (κ2) is 10.6. The molecule has 0 fully saturated rings. The number of ketones is 1. The monoisotopic (exact) mass is 475 g/mol. The van der Waals surface area contributed by atoms with Crippen LogP contribution in [0.25, 0.3) is 0 Å². The first kappa shape index (κ1) is 23.0. The predicted octanol–water partition coefficient (Wildman–Crippen LogP) is 5.50. The fourth-order valence-electron chi connectivity index (χ4n) is 4.74. The number of benzene rings is 4. The average molecular weight is 476 g/mol. The molecular weight excluding hydrogens is 447 g/mol. The molecule has 0 N–H and O–H groups in total. The molecule has 0 amide bonds. The zero-order chi connectivity index (χ0) is 23.9. The molecule has 35 heavy (non-hydrogen) atoms. The number of Topliss-reactive ketones (excluding diaryl/α,β-unsaturated/α-hetero) is 1. The molecule has 5 aromatic rings. The van der Waals surface area contributed by atoms with E-state index < -0.39 is 7.26 Å². The second-order valence-corrected chi connectivity index (χ2v) is 12.2. The van der Waals surface area contributed by atoms with E-state index in [2.05, 4.69) is 108 Å². The lowest BCUT2D eigenvalue weighted by Crippen LogP contribution is -2.34. The normalized spacial score (nSPS) is 11.3. The maximum Gasteiger partial charge on any atom is 0.184 e. The summed E-state index contributed by atoms with van der Waals surface area (Å²) in [5, 5.41) is 3.88. The van der Waals surface area contributed by atoms with Gasteiger partial charge in [-0.3, -0.25) is 4.79 Å². The van der Waals surface area contributed by atoms with Gasteiger partial charge < -0.3 is 4.57 Å². The molecule has 172 valence electrons. The number of imidazole rings is 1. The number of hydrogen-bond acceptors (Lipinski definition) is 2. The summed E-state index contributed by atoms with van der Waals surface area (Å²) in [5.41, 5.74) is 1.82. The molecule has 0 saturated heterocycles. The van der Waals surface area contributed by atoms with Gasteiger partial charge in [-0.25, -0.2) is 4.98 Å². The third-order valence-corrected chi connectivity index (χ3v) is 10.9. The third-order valence-electron chi connectivity index (χ3n) is 6.46. The Labute approximate surface area is 207 Å². The van der Waals surface area contributed by atoms with Gasteiger partial charge in [-0.1, -0.05) is 84.9 Å². The quantitative estimate of drug-likeness (QED) is 0.209. The standard InChI is InChI=1S/C31H28N2OP/c34-31(30-23-32-25-33(30)24-26-13-5-1-6-14-26)21-22-35(27-15-7-2-8-16-27,28-17-9-3-10-18-28)29-19-11-4-12-20-29/h1-20,23,25H,21-22,24H2/q+1. The molecule has 1 aromatic heterocycles. The minimum Gasteiger partial charge on any atom is -0.324 e. The first-order valence-electron chi connectivity index (χ1n) is 11.9. The van der Waals surface area contributed by atoms with Gasteiger partial charge in [0.1, 0.15) is 28.9 Å². The lowest BCUT2D eigenvalue weighted by atomic mass is 10.2. The van der Waals surface area contributed by atoms with Gasteiger partial charge in [0.15, 0.2) is 5.78 Å². The summed E-state index contributed by atoms with van der Waals surface area (Å²) in [4.78, 5) is 17.9. The zero-order valence-electron chi connectivity index (χ0n) is 19.6. The molecule has 0 aliphatic rings. The predicted molar refractivity (Wildman–Crippen MR) is 147 cm³/mol. The van der Waals surface area contributed by atoms with E-state index in [1.165, 1.54) is 15.9 Å². The minimum atomic E-state index is -2.04. The van der Waals surface area contributed by atoms with Crippen molar-refractivity contribution < 1.29 is 4.79 Å². The van der Waals surface area contributed by atoms with Crippen molar-refractivity contribution in [3.05, 3.63) is 145 Å². The molecule has 0 unspecified atom stereocenters. The van der Waals surface area contributed by atoms with Crippen LogP contribution in [0, 0.1) is 0 Å². The van der Waals surface area contributed by atoms with E-state index in [1.54, 1.807) is 12.5 Å². The highest BCUT2D eigenvalue weighted by Gasteiger charge is 2.45. The average Bonchev–Trinajstić information content (AvgIpc) is 3.39. The van der Waals surface area contributed by atoms with E-state index in [0.717, 1.165) is 11.7 Å². The van der Waals surface area contributed by atoms with Crippen molar-refractivity contribution in [2.45, 2.75) is 13.0 Å². The van der Waals surface area contributed by atoms with Crippen LogP contribution >= 0.6 is 7.26 Å². The Hall–Kier alpha value is -3.81. The van der Waals surface area contributed by atoms with E-state index in [4.69, 9.17) is 0 Å². The Kier molecular flexibility index (Phi) is 6.97. The Morgan fingerprint density at radius 2 is 1.11 bits per heavy atom. The molecule has 4 heteroatoms. The maximum atomic E-state index is 13.6. The topological polar surface area (TPSA) is 34.9 Å². The number of carbonyl (C=O) groups excluding carboxylic acids is 1. The molecule has 0 bridgehead atoms. The summed E-state index contributed by atoms with van der Waals surface area (Å²) in [6.07, 6.45) is 4.68. The summed E-state index contributed by atoms with van der Waals surface area (Å²) in [5.74, 6) is 0.130. The molecule has 0 aliphatic carbocycles. The highest BCUT2D eigenvalue weighted by atomic mass is 31.2. The molecule has 4 aromatic carbocycles. The van der Waals surface area contributed by atoms with E-state index >= 15 is 0 Å². The van der Waals surface area contributed by atoms with E-state index in [-0.39, 0.29) is 5.78 Å².